The van der Waals surface area contributed by atoms with E-state index in [0.29, 0.717) is 0 Å². The summed E-state index contributed by atoms with van der Waals surface area (Å²) in [7, 11) is 4.28. The minimum absolute atomic E-state index is 0.878. The smallest absolute Gasteiger partial charge is 0.0221 e. The molecule has 0 radical (unpaired) electrons. The summed E-state index contributed by atoms with van der Waals surface area (Å²) in [6, 6.07) is 3.04. The van der Waals surface area contributed by atoms with Crippen molar-refractivity contribution in [3.8, 4) is 0 Å². The fourth-order valence-electron chi connectivity index (χ4n) is 1.85. The highest BCUT2D eigenvalue weighted by Crippen LogP contribution is 2.24. The summed E-state index contributed by atoms with van der Waals surface area (Å²) in [5.41, 5.74) is 1.37. The largest absolute Gasteiger partial charge is 0.357 e. The zero-order valence-corrected chi connectivity index (χ0v) is 9.74. The molecule has 0 bridgehead atoms. The van der Waals surface area contributed by atoms with E-state index in [2.05, 4.69) is 47.3 Å². The second-order valence-electron chi connectivity index (χ2n) is 4.57. The number of likely N-dealkylation sites (N-methyl/N-ethyl adjacent to an activating group) is 1. The summed E-state index contributed by atoms with van der Waals surface area (Å²) < 4.78 is 2.09. The van der Waals surface area contributed by atoms with E-state index in [9.17, 15) is 0 Å². The van der Waals surface area contributed by atoms with Gasteiger partial charge in [0.05, 0.1) is 0 Å². The maximum atomic E-state index is 3.47. The van der Waals surface area contributed by atoms with Crippen molar-refractivity contribution < 1.29 is 0 Å². The third-order valence-electron chi connectivity index (χ3n) is 3.03. The van der Waals surface area contributed by atoms with Crippen LogP contribution in [-0.4, -0.2) is 35.6 Å². The van der Waals surface area contributed by atoms with E-state index in [1.165, 1.54) is 18.4 Å². The zero-order chi connectivity index (χ0) is 10.7. The van der Waals surface area contributed by atoms with Crippen molar-refractivity contribution in [2.45, 2.75) is 25.4 Å². The Kier molecular flexibility index (Phi) is 3.44. The monoisotopic (exact) mass is 207 g/mol. The van der Waals surface area contributed by atoms with Gasteiger partial charge in [0.25, 0.3) is 0 Å². The van der Waals surface area contributed by atoms with Gasteiger partial charge in [-0.05, 0) is 31.5 Å². The molecule has 1 aromatic heterocycles. The van der Waals surface area contributed by atoms with Gasteiger partial charge in [0, 0.05) is 45.1 Å². The lowest BCUT2D eigenvalue weighted by molar-refractivity contribution is 0.321. The van der Waals surface area contributed by atoms with Gasteiger partial charge in [0.1, 0.15) is 0 Å². The molecule has 0 atom stereocenters. The number of rotatable bonds is 6. The molecule has 0 spiro atoms. The summed E-state index contributed by atoms with van der Waals surface area (Å²) in [6.07, 6.45) is 7.05. The molecule has 1 aromatic rings. The normalized spacial score (nSPS) is 16.2. The summed E-state index contributed by atoms with van der Waals surface area (Å²) in [6.45, 7) is 3.23. The lowest BCUT2D eigenvalue weighted by Crippen LogP contribution is -2.30. The second kappa shape index (κ2) is 4.81. The molecule has 15 heavy (non-hydrogen) atoms. The van der Waals surface area contributed by atoms with Crippen molar-refractivity contribution in [3.63, 3.8) is 0 Å². The molecule has 0 aromatic carbocycles. The minimum Gasteiger partial charge on any atom is -0.357 e. The number of nitrogens with zero attached hydrogens (tertiary/aromatic N) is 2. The summed E-state index contributed by atoms with van der Waals surface area (Å²) in [5, 5.41) is 3.47. The van der Waals surface area contributed by atoms with Crippen molar-refractivity contribution >= 4 is 0 Å². The van der Waals surface area contributed by atoms with Crippen molar-refractivity contribution in [3.05, 3.63) is 24.0 Å². The van der Waals surface area contributed by atoms with Crippen LogP contribution >= 0.6 is 0 Å². The van der Waals surface area contributed by atoms with Crippen LogP contribution in [0.3, 0.4) is 0 Å². The van der Waals surface area contributed by atoms with Crippen LogP contribution in [0.2, 0.25) is 0 Å². The molecular weight excluding hydrogens is 186 g/mol. The first-order valence-corrected chi connectivity index (χ1v) is 5.77. The summed E-state index contributed by atoms with van der Waals surface area (Å²) in [4.78, 5) is 2.46. The van der Waals surface area contributed by atoms with Crippen LogP contribution in [0.25, 0.3) is 0 Å². The first-order chi connectivity index (χ1) is 7.25. The average Bonchev–Trinajstić information content (AvgIpc) is 2.98. The Hall–Kier alpha value is -0.800. The summed E-state index contributed by atoms with van der Waals surface area (Å²) >= 11 is 0. The van der Waals surface area contributed by atoms with Gasteiger partial charge in [-0.3, -0.25) is 0 Å². The zero-order valence-electron chi connectivity index (χ0n) is 9.74. The molecule has 0 aliphatic heterocycles. The molecule has 0 amide bonds. The number of hydrogen-bond acceptors (Lipinski definition) is 2. The predicted octanol–water partition coefficient (Wildman–Crippen LogP) is 1.21. The maximum Gasteiger partial charge on any atom is 0.0221 e. The van der Waals surface area contributed by atoms with Crippen LogP contribution in [0.5, 0.6) is 0 Å². The van der Waals surface area contributed by atoms with Gasteiger partial charge in [0.2, 0.25) is 0 Å². The van der Waals surface area contributed by atoms with Gasteiger partial charge < -0.3 is 14.8 Å². The molecule has 1 aliphatic rings. The first-order valence-electron chi connectivity index (χ1n) is 5.77. The number of aryl methyl sites for hydroxylation is 1. The van der Waals surface area contributed by atoms with E-state index in [0.717, 1.165) is 25.7 Å². The Morgan fingerprint density at radius 2 is 2.33 bits per heavy atom. The molecule has 0 unspecified atom stereocenters. The highest BCUT2D eigenvalue weighted by atomic mass is 15.2. The van der Waals surface area contributed by atoms with E-state index < -0.39 is 0 Å². The molecule has 2 rings (SSSR count). The fraction of sp³-hybridized carbons (Fsp3) is 0.667. The van der Waals surface area contributed by atoms with E-state index in [1.54, 1.807) is 0 Å². The average molecular weight is 207 g/mol. The lowest BCUT2D eigenvalue weighted by atomic mass is 10.3. The van der Waals surface area contributed by atoms with Crippen LogP contribution in [0.4, 0.5) is 0 Å². The Morgan fingerprint density at radius 3 is 2.93 bits per heavy atom. The molecular formula is C12H21N3. The van der Waals surface area contributed by atoms with Crippen LogP contribution in [-0.2, 0) is 13.6 Å². The molecule has 3 heteroatoms. The lowest BCUT2D eigenvalue weighted by Gasteiger charge is -2.15. The molecule has 1 N–H and O–H groups in total. The second-order valence-corrected chi connectivity index (χ2v) is 4.57. The SMILES string of the molecule is CN(CCNCc1ccn(C)c1)C1CC1. The molecule has 1 saturated carbocycles. The third-order valence-corrected chi connectivity index (χ3v) is 3.03. The molecule has 0 saturated heterocycles. The molecule has 3 nitrogen and oxygen atoms in total. The van der Waals surface area contributed by atoms with E-state index in [1.807, 2.05) is 0 Å². The van der Waals surface area contributed by atoms with Gasteiger partial charge >= 0.3 is 0 Å². The highest BCUT2D eigenvalue weighted by molar-refractivity contribution is 5.09. The van der Waals surface area contributed by atoms with Crippen molar-refractivity contribution in [1.82, 2.24) is 14.8 Å². The fourth-order valence-corrected chi connectivity index (χ4v) is 1.85. The van der Waals surface area contributed by atoms with E-state index >= 15 is 0 Å². The predicted molar refractivity (Wildman–Crippen MR) is 62.8 cm³/mol. The Bertz CT molecular complexity index is 302. The molecule has 1 fully saturated rings. The third kappa shape index (κ3) is 3.36. The van der Waals surface area contributed by atoms with Gasteiger partial charge in [0.15, 0.2) is 0 Å². The van der Waals surface area contributed by atoms with Gasteiger partial charge in [-0.25, -0.2) is 0 Å². The Morgan fingerprint density at radius 1 is 1.53 bits per heavy atom. The van der Waals surface area contributed by atoms with Crippen LogP contribution in [0, 0.1) is 0 Å². The quantitative estimate of drug-likeness (QED) is 0.708. The van der Waals surface area contributed by atoms with Crippen LogP contribution < -0.4 is 5.32 Å². The van der Waals surface area contributed by atoms with E-state index in [4.69, 9.17) is 0 Å². The standard InChI is InChI=1S/C12H21N3/c1-14-7-5-11(10-14)9-13-6-8-15(2)12-3-4-12/h5,7,10,12-13H,3-4,6,8-9H2,1-2H3. The number of hydrogen-bond donors (Lipinski definition) is 1. The highest BCUT2D eigenvalue weighted by Gasteiger charge is 2.25. The topological polar surface area (TPSA) is 20.2 Å². The van der Waals surface area contributed by atoms with Crippen molar-refractivity contribution in [2.24, 2.45) is 7.05 Å². The van der Waals surface area contributed by atoms with Gasteiger partial charge in [-0.1, -0.05) is 0 Å². The minimum atomic E-state index is 0.878. The summed E-state index contributed by atoms with van der Waals surface area (Å²) in [5.74, 6) is 0. The van der Waals surface area contributed by atoms with Gasteiger partial charge in [-0.2, -0.15) is 0 Å². The maximum absolute atomic E-state index is 3.47. The number of nitrogens with one attached hydrogen (secondary N) is 1. The number of aromatic nitrogens is 1. The van der Waals surface area contributed by atoms with Gasteiger partial charge in [-0.15, -0.1) is 0 Å². The molecule has 1 aliphatic carbocycles. The van der Waals surface area contributed by atoms with Crippen molar-refractivity contribution in [1.29, 1.82) is 0 Å². The Balaban J connectivity index is 1.58. The van der Waals surface area contributed by atoms with Crippen molar-refractivity contribution in [2.75, 3.05) is 20.1 Å². The first kappa shape index (κ1) is 10.7. The Labute approximate surface area is 92.1 Å². The molecule has 1 heterocycles. The molecule has 84 valence electrons. The van der Waals surface area contributed by atoms with Crippen LogP contribution in [0.1, 0.15) is 18.4 Å². The van der Waals surface area contributed by atoms with Crippen LogP contribution in [0.15, 0.2) is 18.5 Å². The van der Waals surface area contributed by atoms with E-state index in [-0.39, 0.29) is 0 Å².